The second kappa shape index (κ2) is 9.74. The van der Waals surface area contributed by atoms with Gasteiger partial charge in [-0.25, -0.2) is 4.39 Å². The summed E-state index contributed by atoms with van der Waals surface area (Å²) >= 11 is 0. The summed E-state index contributed by atoms with van der Waals surface area (Å²) in [6.45, 7) is 8.36. The van der Waals surface area contributed by atoms with Gasteiger partial charge >= 0.3 is 0 Å². The first-order valence-electron chi connectivity index (χ1n) is 11.5. The van der Waals surface area contributed by atoms with Crippen molar-refractivity contribution < 1.29 is 23.8 Å². The van der Waals surface area contributed by atoms with E-state index in [1.165, 1.54) is 23.1 Å². The Balaban J connectivity index is 1.89. The first kappa shape index (κ1) is 24.2. The van der Waals surface area contributed by atoms with E-state index in [0.29, 0.717) is 29.5 Å². The van der Waals surface area contributed by atoms with E-state index in [1.807, 2.05) is 33.8 Å². The molecule has 0 radical (unpaired) electrons. The van der Waals surface area contributed by atoms with Crippen molar-refractivity contribution in [2.45, 2.75) is 33.7 Å². The van der Waals surface area contributed by atoms with E-state index in [-0.39, 0.29) is 16.9 Å². The number of nitrogens with zero attached hydrogens (tertiary/aromatic N) is 1. The lowest BCUT2D eigenvalue weighted by Crippen LogP contribution is -2.30. The van der Waals surface area contributed by atoms with Gasteiger partial charge in [0.2, 0.25) is 0 Å². The van der Waals surface area contributed by atoms with Crippen molar-refractivity contribution in [3.05, 3.63) is 100 Å². The Kier molecular flexibility index (Phi) is 6.74. The van der Waals surface area contributed by atoms with E-state index >= 15 is 4.39 Å². The second-order valence-electron chi connectivity index (χ2n) is 9.19. The number of aliphatic hydroxyl groups excluding tert-OH is 1. The zero-order chi connectivity index (χ0) is 25.3. The van der Waals surface area contributed by atoms with Crippen molar-refractivity contribution in [2.24, 2.45) is 5.92 Å². The molecular formula is C29H28FNO4. The Bertz CT molecular complexity index is 1330. The van der Waals surface area contributed by atoms with Gasteiger partial charge in [0, 0.05) is 16.8 Å². The summed E-state index contributed by atoms with van der Waals surface area (Å²) in [5.74, 6) is -1.82. The third-order valence-electron chi connectivity index (χ3n) is 6.10. The second-order valence-corrected chi connectivity index (χ2v) is 9.19. The van der Waals surface area contributed by atoms with Gasteiger partial charge in [-0.3, -0.25) is 14.5 Å². The third-order valence-corrected chi connectivity index (χ3v) is 6.10. The maximum atomic E-state index is 15.0. The number of hydrogen-bond acceptors (Lipinski definition) is 4. The number of halogens is 1. The number of amides is 1. The SMILES string of the molecule is Cc1ccc(N2C(=O)C(=O)/C(=C(/O)c3cccc(OCC(C)C)c3)C2c2ccccc2F)cc1C. The fraction of sp³-hybridized carbons (Fsp3) is 0.241. The molecule has 1 amide bonds. The van der Waals surface area contributed by atoms with Crippen LogP contribution in [0.5, 0.6) is 5.75 Å². The summed E-state index contributed by atoms with van der Waals surface area (Å²) in [6, 6.07) is 16.9. The number of carbonyl (C=O) groups is 2. The minimum absolute atomic E-state index is 0.124. The minimum Gasteiger partial charge on any atom is -0.507 e. The number of rotatable bonds is 6. The van der Waals surface area contributed by atoms with Crippen LogP contribution in [0.3, 0.4) is 0 Å². The summed E-state index contributed by atoms with van der Waals surface area (Å²) < 4.78 is 20.8. The highest BCUT2D eigenvalue weighted by molar-refractivity contribution is 6.51. The highest BCUT2D eigenvalue weighted by atomic mass is 19.1. The minimum atomic E-state index is -1.13. The van der Waals surface area contributed by atoms with Gasteiger partial charge in [-0.2, -0.15) is 0 Å². The summed E-state index contributed by atoms with van der Waals surface area (Å²) in [6.07, 6.45) is 0. The van der Waals surface area contributed by atoms with E-state index in [4.69, 9.17) is 4.74 Å². The number of aryl methyl sites for hydroxylation is 2. The van der Waals surface area contributed by atoms with Crippen LogP contribution in [0.25, 0.3) is 5.76 Å². The van der Waals surface area contributed by atoms with Crippen LogP contribution in [0.2, 0.25) is 0 Å². The smallest absolute Gasteiger partial charge is 0.300 e. The van der Waals surface area contributed by atoms with Crippen LogP contribution in [0.4, 0.5) is 10.1 Å². The Morgan fingerprint density at radius 3 is 2.43 bits per heavy atom. The number of ketones is 1. The van der Waals surface area contributed by atoms with E-state index in [9.17, 15) is 14.7 Å². The summed E-state index contributed by atoms with van der Waals surface area (Å²) in [5.41, 5.74) is 2.66. The van der Waals surface area contributed by atoms with Gasteiger partial charge in [0.25, 0.3) is 11.7 Å². The molecule has 4 rings (SSSR count). The molecule has 1 aliphatic rings. The predicted octanol–water partition coefficient (Wildman–Crippen LogP) is 6.10. The molecular weight excluding hydrogens is 445 g/mol. The van der Waals surface area contributed by atoms with Crippen LogP contribution < -0.4 is 9.64 Å². The molecule has 3 aromatic rings. The first-order chi connectivity index (χ1) is 16.7. The van der Waals surface area contributed by atoms with Gasteiger partial charge in [0.1, 0.15) is 17.3 Å². The molecule has 1 atom stereocenters. The molecule has 35 heavy (non-hydrogen) atoms. The van der Waals surface area contributed by atoms with Gasteiger partial charge in [0.05, 0.1) is 18.2 Å². The van der Waals surface area contributed by atoms with Crippen molar-refractivity contribution in [1.29, 1.82) is 0 Å². The molecule has 3 aromatic carbocycles. The van der Waals surface area contributed by atoms with Crippen molar-refractivity contribution in [1.82, 2.24) is 0 Å². The van der Waals surface area contributed by atoms with Crippen molar-refractivity contribution in [2.75, 3.05) is 11.5 Å². The molecule has 0 spiro atoms. The molecule has 1 fully saturated rings. The van der Waals surface area contributed by atoms with Crippen LogP contribution in [0.15, 0.2) is 72.3 Å². The van der Waals surface area contributed by atoms with Crippen LogP contribution in [0, 0.1) is 25.6 Å². The highest BCUT2D eigenvalue weighted by Crippen LogP contribution is 2.43. The molecule has 1 aliphatic heterocycles. The number of anilines is 1. The number of ether oxygens (including phenoxy) is 1. The molecule has 1 saturated heterocycles. The van der Waals surface area contributed by atoms with Crippen LogP contribution in [-0.2, 0) is 9.59 Å². The van der Waals surface area contributed by atoms with E-state index in [0.717, 1.165) is 11.1 Å². The predicted molar refractivity (Wildman–Crippen MR) is 134 cm³/mol. The average Bonchev–Trinajstić information content (AvgIpc) is 3.10. The molecule has 0 saturated carbocycles. The molecule has 0 aromatic heterocycles. The normalized spacial score (nSPS) is 17.3. The Labute approximate surface area is 204 Å². The number of Topliss-reactive ketones (excluding diaryl/α,β-unsaturated/α-hetero) is 1. The number of aliphatic hydroxyl groups is 1. The van der Waals surface area contributed by atoms with Crippen LogP contribution in [0.1, 0.15) is 42.1 Å². The number of benzene rings is 3. The lowest BCUT2D eigenvalue weighted by atomic mass is 9.94. The molecule has 0 aliphatic carbocycles. The topological polar surface area (TPSA) is 66.8 Å². The molecule has 1 N–H and O–H groups in total. The molecule has 0 bridgehead atoms. The lowest BCUT2D eigenvalue weighted by molar-refractivity contribution is -0.132. The quantitative estimate of drug-likeness (QED) is 0.267. The van der Waals surface area contributed by atoms with Crippen molar-refractivity contribution in [3.8, 4) is 5.75 Å². The molecule has 1 unspecified atom stereocenters. The zero-order valence-corrected chi connectivity index (χ0v) is 20.2. The van der Waals surface area contributed by atoms with Gasteiger partial charge in [0.15, 0.2) is 0 Å². The van der Waals surface area contributed by atoms with Gasteiger partial charge < -0.3 is 9.84 Å². The van der Waals surface area contributed by atoms with Gasteiger partial charge in [-0.15, -0.1) is 0 Å². The zero-order valence-electron chi connectivity index (χ0n) is 20.2. The summed E-state index contributed by atoms with van der Waals surface area (Å²) in [7, 11) is 0. The standard InChI is InChI=1S/C29H28FNO4/c1-17(2)16-35-22-9-7-8-20(15-22)27(32)25-26(23-10-5-6-11-24(23)30)31(29(34)28(25)33)21-13-12-18(3)19(4)14-21/h5-15,17,26,32H,16H2,1-4H3/b27-25+. The van der Waals surface area contributed by atoms with Gasteiger partial charge in [-0.1, -0.05) is 50.2 Å². The fourth-order valence-corrected chi connectivity index (χ4v) is 4.12. The maximum absolute atomic E-state index is 15.0. The summed E-state index contributed by atoms with van der Waals surface area (Å²) in [4.78, 5) is 27.8. The molecule has 1 heterocycles. The number of hydrogen-bond donors (Lipinski definition) is 1. The maximum Gasteiger partial charge on any atom is 0.300 e. The van der Waals surface area contributed by atoms with Crippen LogP contribution in [-0.4, -0.2) is 23.4 Å². The van der Waals surface area contributed by atoms with Crippen molar-refractivity contribution >= 4 is 23.1 Å². The highest BCUT2D eigenvalue weighted by Gasteiger charge is 2.47. The van der Waals surface area contributed by atoms with E-state index < -0.39 is 23.5 Å². The third kappa shape index (κ3) is 4.69. The first-order valence-corrected chi connectivity index (χ1v) is 11.5. The molecule has 180 valence electrons. The fourth-order valence-electron chi connectivity index (χ4n) is 4.12. The number of carbonyl (C=O) groups excluding carboxylic acids is 2. The Hall–Kier alpha value is -3.93. The average molecular weight is 474 g/mol. The van der Waals surface area contributed by atoms with Crippen LogP contribution >= 0.6 is 0 Å². The Morgan fingerprint density at radius 2 is 1.74 bits per heavy atom. The summed E-state index contributed by atoms with van der Waals surface area (Å²) in [5, 5.41) is 11.3. The largest absolute Gasteiger partial charge is 0.507 e. The molecule has 6 heteroatoms. The monoisotopic (exact) mass is 473 g/mol. The lowest BCUT2D eigenvalue weighted by Gasteiger charge is -2.26. The molecule has 5 nitrogen and oxygen atoms in total. The van der Waals surface area contributed by atoms with E-state index in [1.54, 1.807) is 42.5 Å². The van der Waals surface area contributed by atoms with Crippen molar-refractivity contribution in [3.63, 3.8) is 0 Å². The van der Waals surface area contributed by atoms with Gasteiger partial charge in [-0.05, 0) is 61.2 Å². The Morgan fingerprint density at radius 1 is 1.00 bits per heavy atom. The van der Waals surface area contributed by atoms with E-state index in [2.05, 4.69) is 0 Å².